The van der Waals surface area contributed by atoms with E-state index < -0.39 is 0 Å². The van der Waals surface area contributed by atoms with Crippen LogP contribution >= 0.6 is 0 Å². The fourth-order valence-electron chi connectivity index (χ4n) is 2.31. The summed E-state index contributed by atoms with van der Waals surface area (Å²) in [5.74, 6) is 0.692. The van der Waals surface area contributed by atoms with E-state index in [0.717, 1.165) is 25.7 Å². The molecular weight excluding hydrogens is 222 g/mol. The Balaban J connectivity index is 2.17. The van der Waals surface area contributed by atoms with E-state index in [1.54, 1.807) is 0 Å². The van der Waals surface area contributed by atoms with Crippen molar-refractivity contribution in [3.8, 4) is 0 Å². The fourth-order valence-corrected chi connectivity index (χ4v) is 2.31. The van der Waals surface area contributed by atoms with Crippen molar-refractivity contribution in [2.24, 2.45) is 5.92 Å². The lowest BCUT2D eigenvalue weighted by molar-refractivity contribution is 0.603. The van der Waals surface area contributed by atoms with Gasteiger partial charge in [-0.2, -0.15) is 0 Å². The molecule has 0 radical (unpaired) electrons. The van der Waals surface area contributed by atoms with Crippen molar-refractivity contribution in [1.82, 2.24) is 10.3 Å². The molecule has 0 amide bonds. The first kappa shape index (κ1) is 13.3. The number of nitrogens with one attached hydrogen (secondary N) is 1. The number of nitrogens with zero attached hydrogens (tertiary/aromatic N) is 2. The molecule has 1 aliphatic rings. The normalized spacial score (nSPS) is 15.1. The van der Waals surface area contributed by atoms with Crippen LogP contribution in [0, 0.1) is 5.92 Å². The number of aromatic nitrogens is 1. The minimum Gasteiger partial charge on any atom is -0.367 e. The Kier molecular flexibility index (Phi) is 4.59. The Hall–Kier alpha value is -1.09. The zero-order valence-corrected chi connectivity index (χ0v) is 11.8. The summed E-state index contributed by atoms with van der Waals surface area (Å²) in [7, 11) is 0. The van der Waals surface area contributed by atoms with Crippen LogP contribution in [0.1, 0.15) is 39.2 Å². The van der Waals surface area contributed by atoms with Gasteiger partial charge in [-0.05, 0) is 36.9 Å². The molecule has 1 saturated carbocycles. The van der Waals surface area contributed by atoms with Gasteiger partial charge in [-0.25, -0.2) is 0 Å². The first-order chi connectivity index (χ1) is 8.72. The largest absolute Gasteiger partial charge is 0.367 e. The third kappa shape index (κ3) is 3.45. The minimum atomic E-state index is 0.692. The summed E-state index contributed by atoms with van der Waals surface area (Å²) in [5.41, 5.74) is 2.70. The van der Waals surface area contributed by atoms with Crippen molar-refractivity contribution in [2.75, 3.05) is 18.0 Å². The van der Waals surface area contributed by atoms with Crippen LogP contribution in [0.3, 0.4) is 0 Å². The van der Waals surface area contributed by atoms with E-state index in [9.17, 15) is 0 Å². The van der Waals surface area contributed by atoms with Gasteiger partial charge in [-0.3, -0.25) is 4.98 Å². The molecule has 1 N–H and O–H groups in total. The van der Waals surface area contributed by atoms with Crippen molar-refractivity contribution in [3.63, 3.8) is 0 Å². The number of hydrogen-bond acceptors (Lipinski definition) is 3. The number of pyridine rings is 1. The lowest BCUT2D eigenvalue weighted by Gasteiger charge is -2.28. The standard InChI is InChI=1S/C15H25N3/c1-4-16-9-13-7-8-17-10-15(13)18(11-12(2)3)14-5-6-14/h7-8,10,12,14,16H,4-6,9,11H2,1-3H3. The first-order valence-electron chi connectivity index (χ1n) is 7.12. The third-order valence-electron chi connectivity index (χ3n) is 3.31. The average Bonchev–Trinajstić information content (AvgIpc) is 3.18. The molecule has 0 spiro atoms. The molecular formula is C15H25N3. The van der Waals surface area contributed by atoms with Crippen molar-refractivity contribution < 1.29 is 0 Å². The van der Waals surface area contributed by atoms with Crippen LogP contribution in [0.15, 0.2) is 18.5 Å². The highest BCUT2D eigenvalue weighted by molar-refractivity contribution is 5.53. The van der Waals surface area contributed by atoms with Gasteiger partial charge in [0.2, 0.25) is 0 Å². The Labute approximate surface area is 111 Å². The monoisotopic (exact) mass is 247 g/mol. The zero-order chi connectivity index (χ0) is 13.0. The SMILES string of the molecule is CCNCc1ccncc1N(CC(C)C)C1CC1. The summed E-state index contributed by atoms with van der Waals surface area (Å²) in [6.07, 6.45) is 6.61. The highest BCUT2D eigenvalue weighted by atomic mass is 15.2. The zero-order valence-electron chi connectivity index (χ0n) is 11.8. The molecule has 0 unspecified atom stereocenters. The molecule has 0 bridgehead atoms. The number of anilines is 1. The van der Waals surface area contributed by atoms with Crippen LogP contribution in [-0.2, 0) is 6.54 Å². The maximum atomic E-state index is 4.32. The second kappa shape index (κ2) is 6.19. The summed E-state index contributed by atoms with van der Waals surface area (Å²) in [6.45, 7) is 9.81. The Morgan fingerprint density at radius 2 is 2.22 bits per heavy atom. The van der Waals surface area contributed by atoms with Crippen molar-refractivity contribution in [3.05, 3.63) is 24.0 Å². The Morgan fingerprint density at radius 3 is 2.83 bits per heavy atom. The van der Waals surface area contributed by atoms with Gasteiger partial charge in [0.25, 0.3) is 0 Å². The average molecular weight is 247 g/mol. The van der Waals surface area contributed by atoms with Gasteiger partial charge >= 0.3 is 0 Å². The van der Waals surface area contributed by atoms with Gasteiger partial charge in [0, 0.05) is 25.3 Å². The lowest BCUT2D eigenvalue weighted by atomic mass is 10.1. The molecule has 0 aliphatic heterocycles. The molecule has 1 aromatic rings. The van der Waals surface area contributed by atoms with E-state index in [1.807, 2.05) is 12.4 Å². The van der Waals surface area contributed by atoms with E-state index in [0.29, 0.717) is 5.92 Å². The van der Waals surface area contributed by atoms with Crippen LogP contribution in [0.5, 0.6) is 0 Å². The van der Waals surface area contributed by atoms with Crippen LogP contribution < -0.4 is 10.2 Å². The first-order valence-corrected chi connectivity index (χ1v) is 7.12. The predicted octanol–water partition coefficient (Wildman–Crippen LogP) is 2.82. The van der Waals surface area contributed by atoms with Crippen molar-refractivity contribution >= 4 is 5.69 Å². The minimum absolute atomic E-state index is 0.692. The molecule has 0 aromatic carbocycles. The number of rotatable bonds is 7. The van der Waals surface area contributed by atoms with Gasteiger partial charge in [0.15, 0.2) is 0 Å². The van der Waals surface area contributed by atoms with Gasteiger partial charge < -0.3 is 10.2 Å². The predicted molar refractivity (Wildman–Crippen MR) is 76.8 cm³/mol. The molecule has 0 saturated heterocycles. The van der Waals surface area contributed by atoms with E-state index in [-0.39, 0.29) is 0 Å². The molecule has 1 heterocycles. The molecule has 1 aliphatic carbocycles. The summed E-state index contributed by atoms with van der Waals surface area (Å²) >= 11 is 0. The van der Waals surface area contributed by atoms with Crippen LogP contribution in [-0.4, -0.2) is 24.1 Å². The second-order valence-electron chi connectivity index (χ2n) is 5.56. The summed E-state index contributed by atoms with van der Waals surface area (Å²) in [4.78, 5) is 6.88. The quantitative estimate of drug-likeness (QED) is 0.803. The second-order valence-corrected chi connectivity index (χ2v) is 5.56. The smallest absolute Gasteiger partial charge is 0.0600 e. The fraction of sp³-hybridized carbons (Fsp3) is 0.667. The molecule has 100 valence electrons. The molecule has 3 heteroatoms. The van der Waals surface area contributed by atoms with E-state index in [2.05, 4.69) is 42.0 Å². The molecule has 3 nitrogen and oxygen atoms in total. The van der Waals surface area contributed by atoms with Gasteiger partial charge in [-0.1, -0.05) is 20.8 Å². The van der Waals surface area contributed by atoms with Gasteiger partial charge in [0.05, 0.1) is 11.9 Å². The van der Waals surface area contributed by atoms with Crippen molar-refractivity contribution in [2.45, 2.75) is 46.2 Å². The summed E-state index contributed by atoms with van der Waals surface area (Å²) in [5, 5.41) is 3.42. The van der Waals surface area contributed by atoms with E-state index >= 15 is 0 Å². The molecule has 1 fully saturated rings. The third-order valence-corrected chi connectivity index (χ3v) is 3.31. The summed E-state index contributed by atoms with van der Waals surface area (Å²) < 4.78 is 0. The van der Waals surface area contributed by atoms with Crippen molar-refractivity contribution in [1.29, 1.82) is 0 Å². The highest BCUT2D eigenvalue weighted by Crippen LogP contribution is 2.33. The maximum absolute atomic E-state index is 4.32. The number of hydrogen-bond donors (Lipinski definition) is 1. The van der Waals surface area contributed by atoms with Crippen LogP contribution in [0.4, 0.5) is 5.69 Å². The lowest BCUT2D eigenvalue weighted by Crippen LogP contribution is -2.31. The van der Waals surface area contributed by atoms with Crippen LogP contribution in [0.2, 0.25) is 0 Å². The highest BCUT2D eigenvalue weighted by Gasteiger charge is 2.30. The van der Waals surface area contributed by atoms with Gasteiger partial charge in [-0.15, -0.1) is 0 Å². The molecule has 0 atom stereocenters. The molecule has 2 rings (SSSR count). The van der Waals surface area contributed by atoms with Crippen LogP contribution in [0.25, 0.3) is 0 Å². The topological polar surface area (TPSA) is 28.2 Å². The van der Waals surface area contributed by atoms with Gasteiger partial charge in [0.1, 0.15) is 0 Å². The Morgan fingerprint density at radius 1 is 1.44 bits per heavy atom. The Bertz CT molecular complexity index is 372. The van der Waals surface area contributed by atoms with E-state index in [4.69, 9.17) is 0 Å². The molecule has 1 aromatic heterocycles. The molecule has 18 heavy (non-hydrogen) atoms. The van der Waals surface area contributed by atoms with E-state index in [1.165, 1.54) is 24.1 Å². The maximum Gasteiger partial charge on any atom is 0.0600 e. The summed E-state index contributed by atoms with van der Waals surface area (Å²) in [6, 6.07) is 2.89.